The average Bonchev–Trinajstić information content (AvgIpc) is 2.57. The van der Waals surface area contributed by atoms with Gasteiger partial charge in [-0.3, -0.25) is 0 Å². The van der Waals surface area contributed by atoms with E-state index in [1.54, 1.807) is 0 Å². The summed E-state index contributed by atoms with van der Waals surface area (Å²) in [5.74, 6) is 1.04. The minimum absolute atomic E-state index is 0.0318. The van der Waals surface area contributed by atoms with Crippen molar-refractivity contribution in [1.29, 1.82) is 0 Å². The van der Waals surface area contributed by atoms with Crippen molar-refractivity contribution < 1.29 is 9.47 Å². The van der Waals surface area contributed by atoms with E-state index in [2.05, 4.69) is 36.5 Å². The van der Waals surface area contributed by atoms with Crippen LogP contribution in [-0.4, -0.2) is 29.4 Å². The van der Waals surface area contributed by atoms with Gasteiger partial charge in [-0.05, 0) is 0 Å². The van der Waals surface area contributed by atoms with Gasteiger partial charge in [-0.1, -0.05) is 20.8 Å². The first kappa shape index (κ1) is 10.3. The molecule has 4 nitrogen and oxygen atoms in total. The smallest absolute Gasteiger partial charge is 0.135 e. The molecular formula is C12H18N2O2. The highest BCUT2D eigenvalue weighted by atomic mass is 16.5. The van der Waals surface area contributed by atoms with E-state index >= 15 is 0 Å². The Morgan fingerprint density at radius 1 is 1.25 bits per heavy atom. The topological polar surface area (TPSA) is 36.3 Å². The van der Waals surface area contributed by atoms with Crippen molar-refractivity contribution in [3.63, 3.8) is 0 Å². The van der Waals surface area contributed by atoms with E-state index in [4.69, 9.17) is 9.47 Å². The highest BCUT2D eigenvalue weighted by molar-refractivity contribution is 5.17. The molecule has 0 N–H and O–H groups in total. The van der Waals surface area contributed by atoms with Gasteiger partial charge in [0.2, 0.25) is 0 Å². The zero-order chi connectivity index (χ0) is 11.4. The molecule has 88 valence electrons. The fourth-order valence-corrected chi connectivity index (χ4v) is 2.25. The molecule has 0 bridgehead atoms. The number of hydrogen-bond donors (Lipinski definition) is 0. The van der Waals surface area contributed by atoms with Gasteiger partial charge in [0.05, 0.1) is 25.5 Å². The molecule has 0 aliphatic carbocycles. The molecule has 0 saturated carbocycles. The van der Waals surface area contributed by atoms with Crippen LogP contribution in [0.15, 0.2) is 6.20 Å². The summed E-state index contributed by atoms with van der Waals surface area (Å²) in [5, 5.41) is 0. The van der Waals surface area contributed by atoms with Gasteiger partial charge in [0.1, 0.15) is 18.0 Å². The van der Waals surface area contributed by atoms with E-state index in [1.807, 2.05) is 0 Å². The Morgan fingerprint density at radius 3 is 2.50 bits per heavy atom. The van der Waals surface area contributed by atoms with E-state index in [1.165, 1.54) is 0 Å². The summed E-state index contributed by atoms with van der Waals surface area (Å²) in [6.07, 6.45) is 2.18. The number of hydrogen-bond acceptors (Lipinski definition) is 3. The lowest BCUT2D eigenvalue weighted by atomic mass is 9.92. The first-order valence-corrected chi connectivity index (χ1v) is 5.76. The van der Waals surface area contributed by atoms with Crippen molar-refractivity contribution in [3.8, 4) is 0 Å². The highest BCUT2D eigenvalue weighted by Crippen LogP contribution is 2.34. The van der Waals surface area contributed by atoms with Crippen molar-refractivity contribution in [2.75, 3.05) is 19.8 Å². The molecule has 1 aromatic rings. The third kappa shape index (κ3) is 1.33. The van der Waals surface area contributed by atoms with E-state index in [9.17, 15) is 0 Å². The van der Waals surface area contributed by atoms with E-state index in [0.717, 1.165) is 31.3 Å². The summed E-state index contributed by atoms with van der Waals surface area (Å²) in [5.41, 5.74) is 1.26. The Morgan fingerprint density at radius 2 is 1.94 bits per heavy atom. The summed E-state index contributed by atoms with van der Waals surface area (Å²) in [7, 11) is 0. The summed E-state index contributed by atoms with van der Waals surface area (Å²) < 4.78 is 13.2. The quantitative estimate of drug-likeness (QED) is 0.666. The number of nitrogens with zero attached hydrogens (tertiary/aromatic N) is 2. The highest BCUT2D eigenvalue weighted by Gasteiger charge is 2.45. The van der Waals surface area contributed by atoms with Crippen molar-refractivity contribution in [1.82, 2.24) is 9.55 Å². The van der Waals surface area contributed by atoms with Crippen LogP contribution in [0.4, 0.5) is 0 Å². The lowest BCUT2D eigenvalue weighted by Crippen LogP contribution is -2.57. The number of fused-ring (bicyclic) bond motifs is 2. The Kier molecular flexibility index (Phi) is 1.98. The van der Waals surface area contributed by atoms with E-state index in [0.29, 0.717) is 6.61 Å². The normalized spacial score (nSPS) is 22.9. The summed E-state index contributed by atoms with van der Waals surface area (Å²) in [4.78, 5) is 4.68. The third-order valence-electron chi connectivity index (χ3n) is 3.40. The van der Waals surface area contributed by atoms with Gasteiger partial charge in [0.25, 0.3) is 0 Å². The Hall–Kier alpha value is -0.870. The van der Waals surface area contributed by atoms with Crippen LogP contribution in [-0.2, 0) is 27.0 Å². The molecule has 1 saturated heterocycles. The number of imidazole rings is 1. The molecule has 3 heterocycles. The van der Waals surface area contributed by atoms with Crippen LogP contribution in [0.1, 0.15) is 32.3 Å². The van der Waals surface area contributed by atoms with Gasteiger partial charge < -0.3 is 14.0 Å². The summed E-state index contributed by atoms with van der Waals surface area (Å²) in [6.45, 7) is 9.43. The van der Waals surface area contributed by atoms with Crippen LogP contribution in [0, 0.1) is 0 Å². The summed E-state index contributed by atoms with van der Waals surface area (Å²) >= 11 is 0. The van der Waals surface area contributed by atoms with Crippen LogP contribution >= 0.6 is 0 Å². The molecule has 0 aromatic carbocycles. The number of aromatic nitrogens is 2. The monoisotopic (exact) mass is 222 g/mol. The Balaban J connectivity index is 2.05. The molecule has 0 atom stereocenters. The van der Waals surface area contributed by atoms with Gasteiger partial charge in [0, 0.05) is 11.6 Å². The summed E-state index contributed by atoms with van der Waals surface area (Å²) in [6, 6.07) is 0. The maximum absolute atomic E-state index is 5.62. The number of rotatable bonds is 0. The fourth-order valence-electron chi connectivity index (χ4n) is 2.25. The van der Waals surface area contributed by atoms with Gasteiger partial charge in [-0.15, -0.1) is 0 Å². The van der Waals surface area contributed by atoms with Gasteiger partial charge >= 0.3 is 0 Å². The van der Waals surface area contributed by atoms with Gasteiger partial charge in [-0.25, -0.2) is 4.98 Å². The minimum Gasteiger partial charge on any atom is -0.376 e. The van der Waals surface area contributed by atoms with Crippen LogP contribution in [0.25, 0.3) is 0 Å². The molecule has 1 spiro atoms. The largest absolute Gasteiger partial charge is 0.376 e. The van der Waals surface area contributed by atoms with Crippen LogP contribution in [0.2, 0.25) is 0 Å². The van der Waals surface area contributed by atoms with Crippen molar-refractivity contribution in [3.05, 3.63) is 17.7 Å². The van der Waals surface area contributed by atoms with Crippen molar-refractivity contribution in [2.45, 2.75) is 38.3 Å². The molecule has 4 heteroatoms. The first-order valence-electron chi connectivity index (χ1n) is 5.76. The lowest BCUT2D eigenvalue weighted by molar-refractivity contribution is -0.156. The zero-order valence-electron chi connectivity index (χ0n) is 10.1. The molecule has 1 aromatic heterocycles. The van der Waals surface area contributed by atoms with Crippen LogP contribution < -0.4 is 0 Å². The standard InChI is InChI=1S/C12H18N2O2/c1-11(2,3)9-4-14-10(13-9)5-15-6-12(14)7-16-8-12/h4H,5-8H2,1-3H3. The molecule has 2 aliphatic heterocycles. The number of ether oxygens (including phenoxy) is 2. The van der Waals surface area contributed by atoms with Crippen LogP contribution in [0.5, 0.6) is 0 Å². The molecule has 16 heavy (non-hydrogen) atoms. The second-order valence-electron chi connectivity index (χ2n) is 5.87. The predicted octanol–water partition coefficient (Wildman–Crippen LogP) is 1.44. The third-order valence-corrected chi connectivity index (χ3v) is 3.40. The molecule has 1 fully saturated rings. The molecule has 2 aliphatic rings. The molecular weight excluding hydrogens is 204 g/mol. The second kappa shape index (κ2) is 3.08. The van der Waals surface area contributed by atoms with E-state index < -0.39 is 0 Å². The molecule has 0 unspecified atom stereocenters. The maximum atomic E-state index is 5.62. The molecule has 0 radical (unpaired) electrons. The van der Waals surface area contributed by atoms with Crippen LogP contribution in [0.3, 0.4) is 0 Å². The van der Waals surface area contributed by atoms with Gasteiger partial charge in [-0.2, -0.15) is 0 Å². The van der Waals surface area contributed by atoms with Crippen molar-refractivity contribution >= 4 is 0 Å². The van der Waals surface area contributed by atoms with E-state index in [-0.39, 0.29) is 11.0 Å². The van der Waals surface area contributed by atoms with Gasteiger partial charge in [0.15, 0.2) is 0 Å². The Labute approximate surface area is 95.6 Å². The Bertz CT molecular complexity index is 413. The molecule has 0 amide bonds. The average molecular weight is 222 g/mol. The fraction of sp³-hybridized carbons (Fsp3) is 0.750. The molecule has 3 rings (SSSR count). The zero-order valence-corrected chi connectivity index (χ0v) is 10.1. The second-order valence-corrected chi connectivity index (χ2v) is 5.87. The SMILES string of the molecule is CC(C)(C)c1cn2c(n1)COCC21COC1. The minimum atomic E-state index is 0.0318. The van der Waals surface area contributed by atoms with Crippen molar-refractivity contribution in [2.24, 2.45) is 0 Å². The first-order chi connectivity index (χ1) is 7.51. The maximum Gasteiger partial charge on any atom is 0.135 e. The lowest BCUT2D eigenvalue weighted by Gasteiger charge is -2.45. The predicted molar refractivity (Wildman–Crippen MR) is 59.4 cm³/mol.